The van der Waals surface area contributed by atoms with Gasteiger partial charge < -0.3 is 5.11 Å². The molecule has 6 nitrogen and oxygen atoms in total. The molecule has 6 heteroatoms. The lowest BCUT2D eigenvalue weighted by Gasteiger charge is -2.14. The molecule has 0 amide bonds. The Morgan fingerprint density at radius 1 is 1.28 bits per heavy atom. The number of carbonyl (C=O) groups is 1. The fourth-order valence-corrected chi connectivity index (χ4v) is 1.51. The van der Waals surface area contributed by atoms with Crippen LogP contribution in [0, 0.1) is 0 Å². The molecule has 0 saturated carbocycles. The molecule has 0 atom stereocenters. The van der Waals surface area contributed by atoms with Crippen molar-refractivity contribution in [3.63, 3.8) is 0 Å². The molecule has 0 bridgehead atoms. The summed E-state index contributed by atoms with van der Waals surface area (Å²) in [5, 5.41) is 16.1. The van der Waals surface area contributed by atoms with E-state index in [0.29, 0.717) is 5.69 Å². The molecule has 0 saturated heterocycles. The molecule has 2 N–H and O–H groups in total. The third kappa shape index (κ3) is 2.22. The molecule has 0 aromatic carbocycles. The minimum absolute atomic E-state index is 0.0865. The Hall–Kier alpha value is -2.24. The largest absolute Gasteiger partial charge is 0.476 e. The maximum atomic E-state index is 11.1. The second-order valence-corrected chi connectivity index (χ2v) is 4.98. The van der Waals surface area contributed by atoms with E-state index < -0.39 is 5.97 Å². The van der Waals surface area contributed by atoms with Gasteiger partial charge in [0.05, 0.1) is 0 Å². The third-order valence-electron chi connectivity index (χ3n) is 2.53. The van der Waals surface area contributed by atoms with Crippen molar-refractivity contribution in [2.75, 3.05) is 0 Å². The van der Waals surface area contributed by atoms with Crippen LogP contribution in [-0.4, -0.2) is 31.2 Å². The van der Waals surface area contributed by atoms with Gasteiger partial charge in [-0.15, -0.1) is 0 Å². The molecule has 2 aromatic rings. The fourth-order valence-electron chi connectivity index (χ4n) is 1.51. The van der Waals surface area contributed by atoms with Gasteiger partial charge >= 0.3 is 5.97 Å². The van der Waals surface area contributed by atoms with E-state index >= 15 is 0 Å². The zero-order valence-electron chi connectivity index (χ0n) is 10.4. The maximum Gasteiger partial charge on any atom is 0.356 e. The van der Waals surface area contributed by atoms with Gasteiger partial charge in [0, 0.05) is 23.5 Å². The number of hydrogen-bond acceptors (Lipinski definition) is 4. The SMILES string of the molecule is CC(C)(C)c1cc(-c2nccnc2C(=O)O)n[nH]1. The normalized spacial score (nSPS) is 11.5. The molecule has 0 aliphatic rings. The van der Waals surface area contributed by atoms with Crippen molar-refractivity contribution in [1.29, 1.82) is 0 Å². The van der Waals surface area contributed by atoms with E-state index in [4.69, 9.17) is 5.11 Å². The zero-order valence-corrected chi connectivity index (χ0v) is 10.4. The molecule has 2 aromatic heterocycles. The molecule has 2 rings (SSSR count). The first-order valence-electron chi connectivity index (χ1n) is 5.50. The average Bonchev–Trinajstić information content (AvgIpc) is 2.77. The zero-order chi connectivity index (χ0) is 13.3. The summed E-state index contributed by atoms with van der Waals surface area (Å²) in [5.41, 5.74) is 1.50. The lowest BCUT2D eigenvalue weighted by Crippen LogP contribution is -2.11. The Morgan fingerprint density at radius 3 is 2.50 bits per heavy atom. The predicted octanol–water partition coefficient (Wildman–Crippen LogP) is 1.86. The number of aromatic nitrogens is 4. The van der Waals surface area contributed by atoms with E-state index in [1.54, 1.807) is 6.07 Å². The highest BCUT2D eigenvalue weighted by molar-refractivity contribution is 5.91. The molecule has 18 heavy (non-hydrogen) atoms. The number of nitrogens with zero attached hydrogens (tertiary/aromatic N) is 3. The highest BCUT2D eigenvalue weighted by atomic mass is 16.4. The van der Waals surface area contributed by atoms with E-state index in [2.05, 4.69) is 20.2 Å². The summed E-state index contributed by atoms with van der Waals surface area (Å²) in [4.78, 5) is 18.9. The van der Waals surface area contributed by atoms with Gasteiger partial charge in [0.2, 0.25) is 0 Å². The van der Waals surface area contributed by atoms with Crippen molar-refractivity contribution in [3.8, 4) is 11.4 Å². The van der Waals surface area contributed by atoms with E-state index in [9.17, 15) is 4.79 Å². The Kier molecular flexibility index (Phi) is 2.86. The van der Waals surface area contributed by atoms with Gasteiger partial charge in [0.15, 0.2) is 5.69 Å². The van der Waals surface area contributed by atoms with Gasteiger partial charge in [-0.1, -0.05) is 20.8 Å². The van der Waals surface area contributed by atoms with Gasteiger partial charge in [-0.25, -0.2) is 9.78 Å². The van der Waals surface area contributed by atoms with E-state index in [1.165, 1.54) is 12.4 Å². The second-order valence-electron chi connectivity index (χ2n) is 4.98. The molecule has 0 aliphatic carbocycles. The second kappa shape index (κ2) is 4.21. The van der Waals surface area contributed by atoms with Crippen LogP contribution in [0.25, 0.3) is 11.4 Å². The van der Waals surface area contributed by atoms with Crippen molar-refractivity contribution < 1.29 is 9.90 Å². The number of rotatable bonds is 2. The molecule has 0 radical (unpaired) electrons. The third-order valence-corrected chi connectivity index (χ3v) is 2.53. The minimum Gasteiger partial charge on any atom is -0.476 e. The summed E-state index contributed by atoms with van der Waals surface area (Å²) in [6, 6.07) is 1.80. The van der Waals surface area contributed by atoms with Crippen LogP contribution in [0.1, 0.15) is 37.0 Å². The van der Waals surface area contributed by atoms with Gasteiger partial charge in [-0.3, -0.25) is 10.1 Å². The fraction of sp³-hybridized carbons (Fsp3) is 0.333. The van der Waals surface area contributed by atoms with Crippen molar-refractivity contribution >= 4 is 5.97 Å². The lowest BCUT2D eigenvalue weighted by molar-refractivity contribution is 0.0691. The van der Waals surface area contributed by atoms with Crippen molar-refractivity contribution in [1.82, 2.24) is 20.2 Å². The number of hydrogen-bond donors (Lipinski definition) is 2. The number of aromatic amines is 1. The predicted molar refractivity (Wildman–Crippen MR) is 65.3 cm³/mol. The van der Waals surface area contributed by atoms with Gasteiger partial charge in [0.1, 0.15) is 11.4 Å². The number of carboxylic acid groups (broad SMARTS) is 1. The Balaban J connectivity index is 2.50. The van der Waals surface area contributed by atoms with E-state index in [1.807, 2.05) is 20.8 Å². The standard InChI is InChI=1S/C12H14N4O2/c1-12(2,3)8-6-7(15-16-8)9-10(11(17)18)14-5-4-13-9/h4-6H,1-3H3,(H,15,16)(H,17,18). The Morgan fingerprint density at radius 2 is 1.94 bits per heavy atom. The summed E-state index contributed by atoms with van der Waals surface area (Å²) in [6.07, 6.45) is 2.80. The number of H-pyrrole nitrogens is 1. The van der Waals surface area contributed by atoms with Crippen LogP contribution in [0.3, 0.4) is 0 Å². The van der Waals surface area contributed by atoms with Crippen LogP contribution < -0.4 is 0 Å². The van der Waals surface area contributed by atoms with Crippen molar-refractivity contribution in [2.24, 2.45) is 0 Å². The summed E-state index contributed by atoms with van der Waals surface area (Å²) < 4.78 is 0. The molecule has 94 valence electrons. The van der Waals surface area contributed by atoms with Crippen LogP contribution in [0.15, 0.2) is 18.5 Å². The molecule has 0 spiro atoms. The van der Waals surface area contributed by atoms with E-state index in [0.717, 1.165) is 5.69 Å². The van der Waals surface area contributed by atoms with Crippen LogP contribution in [0.5, 0.6) is 0 Å². The number of nitrogens with one attached hydrogen (secondary N) is 1. The average molecular weight is 246 g/mol. The van der Waals surface area contributed by atoms with E-state index in [-0.39, 0.29) is 16.8 Å². The van der Waals surface area contributed by atoms with Crippen molar-refractivity contribution in [2.45, 2.75) is 26.2 Å². The first kappa shape index (κ1) is 12.2. The van der Waals surface area contributed by atoms with Gasteiger partial charge in [0.25, 0.3) is 0 Å². The molecule has 0 aliphatic heterocycles. The molecule has 2 heterocycles. The quantitative estimate of drug-likeness (QED) is 0.843. The highest BCUT2D eigenvalue weighted by Crippen LogP contribution is 2.25. The van der Waals surface area contributed by atoms with Crippen LogP contribution >= 0.6 is 0 Å². The van der Waals surface area contributed by atoms with Crippen LogP contribution in [-0.2, 0) is 5.41 Å². The summed E-state index contributed by atoms with van der Waals surface area (Å²) >= 11 is 0. The minimum atomic E-state index is -1.11. The van der Waals surface area contributed by atoms with Crippen molar-refractivity contribution in [3.05, 3.63) is 29.8 Å². The van der Waals surface area contributed by atoms with Gasteiger partial charge in [-0.2, -0.15) is 5.10 Å². The first-order valence-corrected chi connectivity index (χ1v) is 5.50. The number of aromatic carboxylic acids is 1. The molecule has 0 fully saturated rings. The maximum absolute atomic E-state index is 11.1. The Bertz CT molecular complexity index is 584. The molecular weight excluding hydrogens is 232 g/mol. The Labute approximate surface area is 104 Å². The first-order chi connectivity index (χ1) is 8.39. The smallest absolute Gasteiger partial charge is 0.356 e. The summed E-state index contributed by atoms with van der Waals surface area (Å²) in [5.74, 6) is -1.11. The highest BCUT2D eigenvalue weighted by Gasteiger charge is 2.21. The van der Waals surface area contributed by atoms with Gasteiger partial charge in [-0.05, 0) is 6.07 Å². The topological polar surface area (TPSA) is 91.8 Å². The summed E-state index contributed by atoms with van der Waals surface area (Å²) in [7, 11) is 0. The van der Waals surface area contributed by atoms with Crippen LogP contribution in [0.2, 0.25) is 0 Å². The molecule has 0 unspecified atom stereocenters. The lowest BCUT2D eigenvalue weighted by atomic mass is 9.92. The summed E-state index contributed by atoms with van der Waals surface area (Å²) in [6.45, 7) is 6.12. The molecular formula is C12H14N4O2. The number of carboxylic acids is 1. The monoisotopic (exact) mass is 246 g/mol. The van der Waals surface area contributed by atoms with Crippen LogP contribution in [0.4, 0.5) is 0 Å².